The van der Waals surface area contributed by atoms with E-state index < -0.39 is 0 Å². The monoisotopic (exact) mass is 1140 g/mol. The molecular weight excluding hydrogens is 1090 g/mol. The summed E-state index contributed by atoms with van der Waals surface area (Å²) < 4.78 is -0.244. The van der Waals surface area contributed by atoms with Gasteiger partial charge < -0.3 is 9.80 Å². The number of anilines is 6. The molecule has 3 heterocycles. The first-order valence-electron chi connectivity index (χ1n) is 29.1. The molecule has 17 rings (SSSR count). The smallest absolute Gasteiger partial charge is 0.0825 e. The van der Waals surface area contributed by atoms with Crippen molar-refractivity contribution in [3.63, 3.8) is 0 Å². The maximum Gasteiger partial charge on any atom is 0.0825 e. The van der Waals surface area contributed by atoms with E-state index >= 15 is 0 Å². The molecule has 1 atom stereocenters. The highest BCUT2D eigenvalue weighted by atomic mass is 32.2. The average molecular weight is 1140 g/mol. The Morgan fingerprint density at radius 3 is 1.00 bits per heavy atom. The zero-order chi connectivity index (χ0) is 56.0. The summed E-state index contributed by atoms with van der Waals surface area (Å²) >= 11 is 5.75. The lowest BCUT2D eigenvalue weighted by atomic mass is 9.92. The molecule has 0 N–H and O–H groups in total. The first-order valence-corrected chi connectivity index (χ1v) is 31.6. The fourth-order valence-corrected chi connectivity index (χ4v) is 17.1. The van der Waals surface area contributed by atoms with Gasteiger partial charge in [-0.05, 0) is 160 Å². The molecule has 400 valence electrons. The summed E-state index contributed by atoms with van der Waals surface area (Å²) in [6, 6.07) is 108. The van der Waals surface area contributed by atoms with Crippen LogP contribution >= 0.6 is 34.4 Å². The van der Waals surface area contributed by atoms with Crippen molar-refractivity contribution in [2.45, 2.75) is 11.2 Å². The minimum absolute atomic E-state index is 0.244. The average Bonchev–Trinajstić information content (AvgIpc) is 3.09. The van der Waals surface area contributed by atoms with Crippen molar-refractivity contribution in [3.8, 4) is 20.2 Å². The molecule has 0 radical (unpaired) electrons. The summed E-state index contributed by atoms with van der Waals surface area (Å²) in [6.45, 7) is 0. The Hall–Kier alpha value is -9.75. The van der Waals surface area contributed by atoms with E-state index in [4.69, 9.17) is 0 Å². The van der Waals surface area contributed by atoms with Gasteiger partial charge in [-0.25, -0.2) is 0 Å². The van der Waals surface area contributed by atoms with Crippen molar-refractivity contribution >= 4 is 155 Å². The fourth-order valence-electron chi connectivity index (χ4n) is 13.6. The summed E-state index contributed by atoms with van der Waals surface area (Å²) in [7, 11) is 0. The molecule has 0 aliphatic carbocycles. The predicted octanol–water partition coefficient (Wildman–Crippen LogP) is 24.2. The van der Waals surface area contributed by atoms with E-state index in [1.165, 1.54) is 117 Å². The van der Waals surface area contributed by atoms with Crippen LogP contribution in [0.1, 0.15) is 16.9 Å². The van der Waals surface area contributed by atoms with Gasteiger partial charge in [0.1, 0.15) is 0 Å². The molecule has 14 aromatic carbocycles. The van der Waals surface area contributed by atoms with E-state index in [9.17, 15) is 0 Å². The van der Waals surface area contributed by atoms with Gasteiger partial charge in [-0.15, -0.1) is 34.4 Å². The van der Waals surface area contributed by atoms with E-state index in [-0.39, 0.29) is 4.75 Å². The Bertz CT molecular complexity index is 5100. The minimum Gasteiger partial charge on any atom is -0.309 e. The molecule has 2 nitrogen and oxygen atoms in total. The van der Waals surface area contributed by atoms with Crippen LogP contribution in [0.3, 0.4) is 0 Å². The lowest BCUT2D eigenvalue weighted by molar-refractivity contribution is 0.787. The molecule has 0 spiro atoms. The van der Waals surface area contributed by atoms with Gasteiger partial charge in [0.05, 0.1) is 27.5 Å². The molecule has 1 aliphatic heterocycles. The van der Waals surface area contributed by atoms with Gasteiger partial charge in [0.15, 0.2) is 0 Å². The topological polar surface area (TPSA) is 6.48 Å². The van der Waals surface area contributed by atoms with E-state index in [1.807, 2.05) is 34.4 Å². The van der Waals surface area contributed by atoms with Gasteiger partial charge in [0.25, 0.3) is 0 Å². The van der Waals surface area contributed by atoms with Crippen LogP contribution < -0.4 is 9.80 Å². The molecule has 2 aromatic heterocycles. The molecule has 0 amide bonds. The van der Waals surface area contributed by atoms with E-state index in [2.05, 4.69) is 312 Å². The normalized spacial score (nSPS) is 14.3. The second-order valence-electron chi connectivity index (χ2n) is 22.3. The number of benzene rings is 14. The first kappa shape index (κ1) is 49.8. The summed E-state index contributed by atoms with van der Waals surface area (Å²) in [5, 5.41) is 22.1. The van der Waals surface area contributed by atoms with Crippen LogP contribution in [0.5, 0.6) is 0 Å². The third kappa shape index (κ3) is 8.21. The zero-order valence-corrected chi connectivity index (χ0v) is 48.6. The van der Waals surface area contributed by atoms with Crippen molar-refractivity contribution in [3.05, 3.63) is 313 Å². The highest BCUT2D eigenvalue weighted by Crippen LogP contribution is 2.55. The highest BCUT2D eigenvalue weighted by molar-refractivity contribution is 8.03. The SMILES string of the molecule is C1=CSC(c2ccc(N(c3cc4ccccc4c4ccccc34)c3cc4ccccc4c4ccccc34)cc2)(c2ccc(-c3ccc(-c4ccc(N(c5cc6ccccc6c6ccccc56)c5cc6ccccc6c6ccccc56)cc4)s3)s2)C1. The Morgan fingerprint density at radius 1 is 0.282 bits per heavy atom. The summed E-state index contributed by atoms with van der Waals surface area (Å²) in [5.74, 6) is 0. The van der Waals surface area contributed by atoms with Crippen LogP contribution in [0.2, 0.25) is 0 Å². The van der Waals surface area contributed by atoms with Crippen LogP contribution in [0.25, 0.3) is 106 Å². The van der Waals surface area contributed by atoms with Crippen LogP contribution in [-0.4, -0.2) is 0 Å². The van der Waals surface area contributed by atoms with Gasteiger partial charge in [0, 0.05) is 52.4 Å². The number of hydrogen-bond acceptors (Lipinski definition) is 5. The Balaban J connectivity index is 0.728. The Kier molecular flexibility index (Phi) is 11.9. The molecule has 0 fully saturated rings. The van der Waals surface area contributed by atoms with E-state index in [1.54, 1.807) is 0 Å². The van der Waals surface area contributed by atoms with E-state index in [0.717, 1.165) is 40.5 Å². The van der Waals surface area contributed by atoms with Gasteiger partial charge in [-0.2, -0.15) is 0 Å². The number of rotatable bonds is 10. The molecule has 0 bridgehead atoms. The van der Waals surface area contributed by atoms with Crippen LogP contribution in [0.4, 0.5) is 34.1 Å². The third-order valence-electron chi connectivity index (χ3n) is 17.6. The second-order valence-corrected chi connectivity index (χ2v) is 25.6. The van der Waals surface area contributed by atoms with Crippen molar-refractivity contribution in [2.24, 2.45) is 0 Å². The Labute approximate surface area is 505 Å². The molecule has 0 saturated heterocycles. The molecule has 0 saturated carbocycles. The number of thiophene rings is 2. The minimum atomic E-state index is -0.244. The fraction of sp³-hybridized carbons (Fsp3) is 0.0250. The predicted molar refractivity (Wildman–Crippen MR) is 371 cm³/mol. The number of nitrogens with zero attached hydrogens (tertiary/aromatic N) is 2. The third-order valence-corrected chi connectivity index (χ3v) is 21.6. The van der Waals surface area contributed by atoms with Crippen LogP contribution in [0.15, 0.2) is 303 Å². The molecule has 5 heteroatoms. The number of fused-ring (bicyclic) bond motifs is 12. The van der Waals surface area contributed by atoms with Crippen molar-refractivity contribution in [2.75, 3.05) is 9.80 Å². The quantitative estimate of drug-likeness (QED) is 0.126. The van der Waals surface area contributed by atoms with E-state index in [0.29, 0.717) is 0 Å². The number of allylic oxidation sites excluding steroid dienone is 1. The standard InChI is InChI=1S/C80H52N2S3/c1-5-22-60-53(18-1)48-72(68-30-13-9-26-64(60)68)81(73-49-54-19-2-6-23-61(54)65-27-10-14-31-69(65)73)58-38-34-52(35-39-58)76-42-43-77(84-76)78-44-45-79(85-78)80(46-17-47-83-80)57-36-40-59(41-37-57)82(74-50-55-20-3-7-24-62(55)66-28-11-15-32-70(66)74)75-51-56-21-4-8-25-63(56)67-29-12-16-33-71(67)75/h1-45,47-51H,46H2. The number of thioether (sulfide) groups is 1. The summed E-state index contributed by atoms with van der Waals surface area (Å²) in [4.78, 5) is 10.2. The van der Waals surface area contributed by atoms with Gasteiger partial charge in [-0.1, -0.05) is 224 Å². The Morgan fingerprint density at radius 2 is 0.612 bits per heavy atom. The maximum atomic E-state index is 2.51. The second kappa shape index (κ2) is 20.3. The zero-order valence-electron chi connectivity index (χ0n) is 46.2. The molecule has 16 aromatic rings. The first-order chi connectivity index (χ1) is 42.1. The van der Waals surface area contributed by atoms with Crippen molar-refractivity contribution in [1.29, 1.82) is 0 Å². The highest BCUT2D eigenvalue weighted by Gasteiger charge is 2.38. The molecular formula is C80H52N2S3. The maximum absolute atomic E-state index is 2.51. The number of hydrogen-bond donors (Lipinski definition) is 0. The van der Waals surface area contributed by atoms with Crippen LogP contribution in [0, 0.1) is 0 Å². The lowest BCUT2D eigenvalue weighted by Gasteiger charge is -2.31. The van der Waals surface area contributed by atoms with Gasteiger partial charge >= 0.3 is 0 Å². The van der Waals surface area contributed by atoms with Crippen LogP contribution in [-0.2, 0) is 4.75 Å². The van der Waals surface area contributed by atoms with Gasteiger partial charge in [-0.3, -0.25) is 0 Å². The largest absolute Gasteiger partial charge is 0.309 e. The lowest BCUT2D eigenvalue weighted by Crippen LogP contribution is -2.19. The summed E-state index contributed by atoms with van der Waals surface area (Å²) in [5.41, 5.74) is 9.39. The molecule has 1 aliphatic rings. The molecule has 1 unspecified atom stereocenters. The molecule has 85 heavy (non-hydrogen) atoms. The van der Waals surface area contributed by atoms with Gasteiger partial charge in [0.2, 0.25) is 0 Å². The van der Waals surface area contributed by atoms with Crippen molar-refractivity contribution < 1.29 is 0 Å². The van der Waals surface area contributed by atoms with Crippen molar-refractivity contribution in [1.82, 2.24) is 0 Å². The summed E-state index contributed by atoms with van der Waals surface area (Å²) in [6.07, 6.45) is 3.28.